The molecule has 1 N–H and O–H groups in total. The Kier molecular flexibility index (Phi) is 5.00. The van der Waals surface area contributed by atoms with Gasteiger partial charge in [-0.2, -0.15) is 0 Å². The Morgan fingerprint density at radius 3 is 2.67 bits per heavy atom. The summed E-state index contributed by atoms with van der Waals surface area (Å²) >= 11 is 5.08. The van der Waals surface area contributed by atoms with Crippen molar-refractivity contribution in [3.8, 4) is 0 Å². The largest absolute Gasteiger partial charge is 0.478 e. The van der Waals surface area contributed by atoms with Crippen LogP contribution in [0.15, 0.2) is 27.4 Å². The minimum absolute atomic E-state index is 0.187. The van der Waals surface area contributed by atoms with Crippen molar-refractivity contribution in [2.24, 2.45) is 0 Å². The van der Waals surface area contributed by atoms with Gasteiger partial charge in [0.1, 0.15) is 5.82 Å². The van der Waals surface area contributed by atoms with E-state index in [1.54, 1.807) is 23.5 Å². The number of pyridine rings is 1. The summed E-state index contributed by atoms with van der Waals surface area (Å²) in [6.07, 6.45) is 0. The molecule has 2 aromatic rings. The number of rotatable bonds is 5. The zero-order valence-electron chi connectivity index (χ0n) is 12.1. The van der Waals surface area contributed by atoms with E-state index >= 15 is 0 Å². The fourth-order valence-corrected chi connectivity index (χ4v) is 3.14. The molecule has 0 aliphatic rings. The fraction of sp³-hybridized carbons (Fsp3) is 0.333. The summed E-state index contributed by atoms with van der Waals surface area (Å²) in [6, 6.07) is 5.33. The molecular formula is C15H17BrN2O2S. The molecule has 6 heteroatoms. The number of anilines is 1. The number of aromatic nitrogens is 1. The average molecular weight is 369 g/mol. The highest BCUT2D eigenvalue weighted by molar-refractivity contribution is 9.11. The summed E-state index contributed by atoms with van der Waals surface area (Å²) in [4.78, 5) is 17.8. The van der Waals surface area contributed by atoms with Crippen LogP contribution in [-0.2, 0) is 6.54 Å². The molecule has 0 bridgehead atoms. The molecule has 0 atom stereocenters. The number of carboxylic acid groups (broad SMARTS) is 1. The number of carbonyl (C=O) groups is 1. The Balaban J connectivity index is 2.30. The van der Waals surface area contributed by atoms with Crippen LogP contribution < -0.4 is 4.90 Å². The minimum Gasteiger partial charge on any atom is -0.478 e. The summed E-state index contributed by atoms with van der Waals surface area (Å²) in [5, 5.41) is 11.3. The predicted molar refractivity (Wildman–Crippen MR) is 89.4 cm³/mol. The first-order valence-electron chi connectivity index (χ1n) is 6.56. The van der Waals surface area contributed by atoms with E-state index in [0.717, 1.165) is 9.48 Å². The normalized spacial score (nSPS) is 10.9. The molecule has 112 valence electrons. The Bertz CT molecular complexity index is 655. The van der Waals surface area contributed by atoms with Gasteiger partial charge in [-0.1, -0.05) is 13.8 Å². The SMILES string of the molecule is CC(C)c1cc(C(=O)O)cc(N(C)Cc2csc(Br)c2)n1. The number of carboxylic acids is 1. The third-order valence-corrected chi connectivity index (χ3v) is 4.66. The van der Waals surface area contributed by atoms with Gasteiger partial charge in [-0.3, -0.25) is 0 Å². The van der Waals surface area contributed by atoms with E-state index in [4.69, 9.17) is 0 Å². The lowest BCUT2D eigenvalue weighted by Gasteiger charge is -2.19. The van der Waals surface area contributed by atoms with Crippen LogP contribution in [0.1, 0.15) is 41.4 Å². The van der Waals surface area contributed by atoms with Crippen LogP contribution >= 0.6 is 27.3 Å². The van der Waals surface area contributed by atoms with E-state index in [9.17, 15) is 9.90 Å². The first-order valence-corrected chi connectivity index (χ1v) is 8.23. The lowest BCUT2D eigenvalue weighted by atomic mass is 10.1. The van der Waals surface area contributed by atoms with Crippen molar-refractivity contribution in [3.63, 3.8) is 0 Å². The van der Waals surface area contributed by atoms with Gasteiger partial charge in [0.25, 0.3) is 0 Å². The number of thiophene rings is 1. The van der Waals surface area contributed by atoms with E-state index in [0.29, 0.717) is 12.4 Å². The smallest absolute Gasteiger partial charge is 0.335 e. The molecule has 2 heterocycles. The third kappa shape index (κ3) is 4.04. The molecule has 0 aliphatic carbocycles. The highest BCUT2D eigenvalue weighted by Crippen LogP contribution is 2.24. The number of hydrogen-bond acceptors (Lipinski definition) is 4. The lowest BCUT2D eigenvalue weighted by molar-refractivity contribution is 0.0696. The maximum absolute atomic E-state index is 11.3. The maximum atomic E-state index is 11.3. The van der Waals surface area contributed by atoms with Crippen molar-refractivity contribution in [1.29, 1.82) is 0 Å². The third-order valence-electron chi connectivity index (χ3n) is 3.10. The van der Waals surface area contributed by atoms with Crippen LogP contribution in [-0.4, -0.2) is 23.1 Å². The summed E-state index contributed by atoms with van der Waals surface area (Å²) in [7, 11) is 1.92. The van der Waals surface area contributed by atoms with E-state index in [2.05, 4.69) is 32.4 Å². The van der Waals surface area contributed by atoms with Crippen LogP contribution in [0, 0.1) is 0 Å². The van der Waals surface area contributed by atoms with Crippen molar-refractivity contribution in [2.75, 3.05) is 11.9 Å². The van der Waals surface area contributed by atoms with Crippen LogP contribution in [0.3, 0.4) is 0 Å². The molecule has 0 aromatic carbocycles. The molecule has 0 saturated heterocycles. The van der Waals surface area contributed by atoms with Crippen LogP contribution in [0.5, 0.6) is 0 Å². The van der Waals surface area contributed by atoms with E-state index in [-0.39, 0.29) is 11.5 Å². The van der Waals surface area contributed by atoms with Gasteiger partial charge in [0.15, 0.2) is 0 Å². The number of halogens is 1. The highest BCUT2D eigenvalue weighted by Gasteiger charge is 2.13. The van der Waals surface area contributed by atoms with Gasteiger partial charge in [0, 0.05) is 19.3 Å². The Labute approximate surface area is 136 Å². The Morgan fingerprint density at radius 2 is 2.14 bits per heavy atom. The second-order valence-electron chi connectivity index (χ2n) is 5.21. The topological polar surface area (TPSA) is 53.4 Å². The zero-order valence-corrected chi connectivity index (χ0v) is 14.5. The van der Waals surface area contributed by atoms with Crippen molar-refractivity contribution >= 4 is 39.1 Å². The second-order valence-corrected chi connectivity index (χ2v) is 7.50. The molecule has 4 nitrogen and oxygen atoms in total. The monoisotopic (exact) mass is 368 g/mol. The molecule has 0 unspecified atom stereocenters. The first-order chi connectivity index (χ1) is 9.86. The summed E-state index contributed by atoms with van der Waals surface area (Å²) in [5.41, 5.74) is 2.24. The van der Waals surface area contributed by atoms with Crippen LogP contribution in [0.25, 0.3) is 0 Å². The minimum atomic E-state index is -0.924. The fourth-order valence-electron chi connectivity index (χ4n) is 1.94. The van der Waals surface area contributed by atoms with Gasteiger partial charge >= 0.3 is 5.97 Å². The number of hydrogen-bond donors (Lipinski definition) is 1. The molecule has 2 rings (SSSR count). The summed E-state index contributed by atoms with van der Waals surface area (Å²) in [6.45, 7) is 4.71. The first kappa shape index (κ1) is 16.0. The summed E-state index contributed by atoms with van der Waals surface area (Å²) in [5.74, 6) is -0.0557. The lowest BCUT2D eigenvalue weighted by Crippen LogP contribution is -2.19. The zero-order chi connectivity index (χ0) is 15.6. The average Bonchev–Trinajstić information content (AvgIpc) is 2.83. The van der Waals surface area contributed by atoms with Gasteiger partial charge < -0.3 is 10.0 Å². The molecule has 0 amide bonds. The van der Waals surface area contributed by atoms with Crippen molar-refractivity contribution in [3.05, 3.63) is 44.2 Å². The standard InChI is InChI=1S/C15H17BrN2O2S/c1-9(2)12-5-11(15(19)20)6-14(17-12)18(3)7-10-4-13(16)21-8-10/h4-6,8-9H,7H2,1-3H3,(H,19,20). The van der Waals surface area contributed by atoms with Gasteiger partial charge in [-0.25, -0.2) is 9.78 Å². The number of nitrogens with zero attached hydrogens (tertiary/aromatic N) is 2. The van der Waals surface area contributed by atoms with Crippen LogP contribution in [0.2, 0.25) is 0 Å². The van der Waals surface area contributed by atoms with Gasteiger partial charge in [-0.15, -0.1) is 11.3 Å². The predicted octanol–water partition coefficient (Wildman–Crippen LogP) is 4.36. The summed E-state index contributed by atoms with van der Waals surface area (Å²) < 4.78 is 1.08. The van der Waals surface area contributed by atoms with E-state index in [1.807, 2.05) is 25.8 Å². The van der Waals surface area contributed by atoms with Gasteiger partial charge in [0.05, 0.1) is 9.35 Å². The van der Waals surface area contributed by atoms with Crippen molar-refractivity contribution in [2.45, 2.75) is 26.3 Å². The molecule has 0 spiro atoms. The molecule has 0 fully saturated rings. The molecule has 2 aromatic heterocycles. The maximum Gasteiger partial charge on any atom is 0.335 e. The molecule has 21 heavy (non-hydrogen) atoms. The van der Waals surface area contributed by atoms with Crippen molar-refractivity contribution < 1.29 is 9.90 Å². The quantitative estimate of drug-likeness (QED) is 0.851. The second kappa shape index (κ2) is 6.58. The molecule has 0 aliphatic heterocycles. The molecule has 0 radical (unpaired) electrons. The van der Waals surface area contributed by atoms with Crippen molar-refractivity contribution in [1.82, 2.24) is 4.98 Å². The van der Waals surface area contributed by atoms with Crippen LogP contribution in [0.4, 0.5) is 5.82 Å². The van der Waals surface area contributed by atoms with E-state index in [1.165, 1.54) is 5.56 Å². The molecule has 0 saturated carbocycles. The Hall–Kier alpha value is -1.40. The highest BCUT2D eigenvalue weighted by atomic mass is 79.9. The number of aromatic carboxylic acids is 1. The molecular weight excluding hydrogens is 352 g/mol. The van der Waals surface area contributed by atoms with E-state index < -0.39 is 5.97 Å². The van der Waals surface area contributed by atoms with Gasteiger partial charge in [-0.05, 0) is 51.0 Å². The Morgan fingerprint density at radius 1 is 1.43 bits per heavy atom. The van der Waals surface area contributed by atoms with Gasteiger partial charge in [0.2, 0.25) is 0 Å².